The van der Waals surface area contributed by atoms with Gasteiger partial charge >= 0.3 is 0 Å². The van der Waals surface area contributed by atoms with Gasteiger partial charge in [-0.25, -0.2) is 4.98 Å². The minimum Gasteiger partial charge on any atom is -0.484 e. The van der Waals surface area contributed by atoms with Crippen LogP contribution in [0.3, 0.4) is 0 Å². The molecule has 1 aromatic carbocycles. The molecule has 7 heteroatoms. The van der Waals surface area contributed by atoms with Crippen molar-refractivity contribution in [2.75, 3.05) is 19.7 Å². The van der Waals surface area contributed by atoms with Gasteiger partial charge in [0.15, 0.2) is 6.61 Å². The Balaban J connectivity index is 1.41. The van der Waals surface area contributed by atoms with Crippen LogP contribution in [-0.4, -0.2) is 52.4 Å². The van der Waals surface area contributed by atoms with Gasteiger partial charge in [0.25, 0.3) is 11.8 Å². The van der Waals surface area contributed by atoms with Crippen molar-refractivity contribution in [2.24, 2.45) is 0 Å². The molecule has 136 valence electrons. The highest BCUT2D eigenvalue weighted by atomic mass is 16.5. The monoisotopic (exact) mass is 354 g/mol. The molecule has 1 aliphatic heterocycles. The second-order valence-electron chi connectivity index (χ2n) is 6.33. The van der Waals surface area contributed by atoms with Gasteiger partial charge in [-0.3, -0.25) is 14.6 Å². The third-order valence-electron chi connectivity index (χ3n) is 4.32. The molecular weight excluding hydrogens is 332 g/mol. The van der Waals surface area contributed by atoms with E-state index in [2.05, 4.69) is 15.3 Å². The first kappa shape index (κ1) is 17.8. The first-order chi connectivity index (χ1) is 12.6. The number of benzene rings is 1. The lowest BCUT2D eigenvalue weighted by molar-refractivity contribution is -0.124. The average Bonchev–Trinajstić information content (AvgIpc) is 2.68. The number of likely N-dealkylation sites (tertiary alicyclic amines) is 1. The van der Waals surface area contributed by atoms with Crippen LogP contribution in [0.25, 0.3) is 0 Å². The van der Waals surface area contributed by atoms with Crippen molar-refractivity contribution in [1.82, 2.24) is 20.2 Å². The first-order valence-corrected chi connectivity index (χ1v) is 8.66. The second kappa shape index (κ2) is 8.42. The Labute approximate surface area is 152 Å². The van der Waals surface area contributed by atoms with Gasteiger partial charge in [0, 0.05) is 31.5 Å². The number of rotatable bonds is 5. The Morgan fingerprint density at radius 3 is 2.58 bits per heavy atom. The molecule has 0 aliphatic carbocycles. The number of piperidine rings is 1. The highest BCUT2D eigenvalue weighted by molar-refractivity contribution is 5.92. The van der Waals surface area contributed by atoms with Gasteiger partial charge in [-0.05, 0) is 31.9 Å². The van der Waals surface area contributed by atoms with Gasteiger partial charge in [0.1, 0.15) is 11.4 Å². The number of aromatic nitrogens is 2. The summed E-state index contributed by atoms with van der Waals surface area (Å²) in [5.41, 5.74) is 1.49. The molecule has 0 spiro atoms. The van der Waals surface area contributed by atoms with E-state index in [1.165, 1.54) is 18.6 Å². The standard InChI is InChI=1S/C19H22N4O3/c1-14-2-4-16(5-3-14)26-13-18(24)22-15-6-10-23(11-7-15)19(25)17-12-20-8-9-21-17/h2-5,8-9,12,15H,6-7,10-11,13H2,1H3,(H,22,24). The van der Waals surface area contributed by atoms with Crippen LogP contribution in [-0.2, 0) is 4.79 Å². The fraction of sp³-hybridized carbons (Fsp3) is 0.368. The fourth-order valence-corrected chi connectivity index (χ4v) is 2.85. The van der Waals surface area contributed by atoms with Crippen molar-refractivity contribution >= 4 is 11.8 Å². The van der Waals surface area contributed by atoms with Crippen molar-refractivity contribution in [3.05, 3.63) is 54.1 Å². The summed E-state index contributed by atoms with van der Waals surface area (Å²) in [7, 11) is 0. The number of hydrogen-bond acceptors (Lipinski definition) is 5. The van der Waals surface area contributed by atoms with E-state index in [1.54, 1.807) is 4.90 Å². The number of carbonyl (C=O) groups excluding carboxylic acids is 2. The van der Waals surface area contributed by atoms with E-state index in [1.807, 2.05) is 31.2 Å². The molecule has 1 aliphatic rings. The number of aryl methyl sites for hydroxylation is 1. The van der Waals surface area contributed by atoms with Gasteiger partial charge in [0.2, 0.25) is 0 Å². The van der Waals surface area contributed by atoms with E-state index in [4.69, 9.17) is 4.74 Å². The van der Waals surface area contributed by atoms with E-state index in [0.717, 1.165) is 5.56 Å². The van der Waals surface area contributed by atoms with Crippen LogP contribution >= 0.6 is 0 Å². The summed E-state index contributed by atoms with van der Waals surface area (Å²) < 4.78 is 5.49. The van der Waals surface area contributed by atoms with Gasteiger partial charge < -0.3 is 15.0 Å². The molecule has 3 rings (SSSR count). The number of hydrogen-bond donors (Lipinski definition) is 1. The largest absolute Gasteiger partial charge is 0.484 e. The topological polar surface area (TPSA) is 84.4 Å². The number of carbonyl (C=O) groups is 2. The second-order valence-corrected chi connectivity index (χ2v) is 6.33. The number of amides is 2. The van der Waals surface area contributed by atoms with Crippen molar-refractivity contribution in [1.29, 1.82) is 0 Å². The quantitative estimate of drug-likeness (QED) is 0.881. The minimum atomic E-state index is -0.149. The van der Waals surface area contributed by atoms with Gasteiger partial charge in [-0.2, -0.15) is 0 Å². The zero-order valence-electron chi connectivity index (χ0n) is 14.7. The summed E-state index contributed by atoms with van der Waals surface area (Å²) in [5.74, 6) is 0.407. The summed E-state index contributed by atoms with van der Waals surface area (Å²) in [4.78, 5) is 34.1. The summed E-state index contributed by atoms with van der Waals surface area (Å²) in [6, 6.07) is 7.63. The summed E-state index contributed by atoms with van der Waals surface area (Å²) in [5, 5.41) is 2.97. The van der Waals surface area contributed by atoms with Crippen LogP contribution in [0.1, 0.15) is 28.9 Å². The molecule has 1 fully saturated rings. The Morgan fingerprint density at radius 2 is 1.92 bits per heavy atom. The lowest BCUT2D eigenvalue weighted by atomic mass is 10.0. The molecule has 7 nitrogen and oxygen atoms in total. The lowest BCUT2D eigenvalue weighted by Gasteiger charge is -2.32. The molecule has 0 saturated carbocycles. The molecule has 0 radical (unpaired) electrons. The van der Waals surface area contributed by atoms with E-state index < -0.39 is 0 Å². The van der Waals surface area contributed by atoms with Crippen molar-refractivity contribution in [3.8, 4) is 5.75 Å². The Bertz CT molecular complexity index is 741. The average molecular weight is 354 g/mol. The molecule has 1 aromatic heterocycles. The summed E-state index contributed by atoms with van der Waals surface area (Å²) in [6.07, 6.45) is 5.94. The first-order valence-electron chi connectivity index (χ1n) is 8.66. The zero-order valence-corrected chi connectivity index (χ0v) is 14.7. The fourth-order valence-electron chi connectivity index (χ4n) is 2.85. The number of ether oxygens (including phenoxy) is 1. The zero-order chi connectivity index (χ0) is 18.4. The van der Waals surface area contributed by atoms with E-state index in [0.29, 0.717) is 37.4 Å². The molecule has 2 amide bonds. The van der Waals surface area contributed by atoms with Crippen molar-refractivity contribution < 1.29 is 14.3 Å². The Morgan fingerprint density at radius 1 is 1.19 bits per heavy atom. The third kappa shape index (κ3) is 4.78. The van der Waals surface area contributed by atoms with E-state index in [9.17, 15) is 9.59 Å². The van der Waals surface area contributed by atoms with Crippen LogP contribution in [0, 0.1) is 6.92 Å². The van der Waals surface area contributed by atoms with E-state index in [-0.39, 0.29) is 24.5 Å². The van der Waals surface area contributed by atoms with Crippen LogP contribution in [0.5, 0.6) is 5.75 Å². The van der Waals surface area contributed by atoms with Crippen LogP contribution in [0.15, 0.2) is 42.9 Å². The maximum Gasteiger partial charge on any atom is 0.274 e. The van der Waals surface area contributed by atoms with Crippen LogP contribution in [0.4, 0.5) is 0 Å². The molecule has 0 unspecified atom stereocenters. The predicted octanol–water partition coefficient (Wildman–Crippen LogP) is 1.58. The molecule has 26 heavy (non-hydrogen) atoms. The van der Waals surface area contributed by atoms with Gasteiger partial charge in [0.05, 0.1) is 6.20 Å². The molecule has 2 heterocycles. The smallest absolute Gasteiger partial charge is 0.274 e. The molecular formula is C19H22N4O3. The molecule has 1 N–H and O–H groups in total. The molecule has 1 saturated heterocycles. The van der Waals surface area contributed by atoms with Crippen LogP contribution in [0.2, 0.25) is 0 Å². The highest BCUT2D eigenvalue weighted by Gasteiger charge is 2.25. The van der Waals surface area contributed by atoms with Gasteiger partial charge in [-0.15, -0.1) is 0 Å². The van der Waals surface area contributed by atoms with Crippen LogP contribution < -0.4 is 10.1 Å². The number of nitrogens with zero attached hydrogens (tertiary/aromatic N) is 3. The normalized spacial score (nSPS) is 14.7. The Hall–Kier alpha value is -2.96. The maximum atomic E-state index is 12.3. The molecule has 0 atom stereocenters. The predicted molar refractivity (Wildman–Crippen MR) is 95.8 cm³/mol. The lowest BCUT2D eigenvalue weighted by Crippen LogP contribution is -2.47. The summed E-state index contributed by atoms with van der Waals surface area (Å²) >= 11 is 0. The van der Waals surface area contributed by atoms with Crippen molar-refractivity contribution in [2.45, 2.75) is 25.8 Å². The van der Waals surface area contributed by atoms with E-state index >= 15 is 0 Å². The van der Waals surface area contributed by atoms with Gasteiger partial charge in [-0.1, -0.05) is 17.7 Å². The molecule has 2 aromatic rings. The Kier molecular flexibility index (Phi) is 5.78. The van der Waals surface area contributed by atoms with Crippen molar-refractivity contribution in [3.63, 3.8) is 0 Å². The highest BCUT2D eigenvalue weighted by Crippen LogP contribution is 2.14. The molecule has 0 bridgehead atoms. The third-order valence-corrected chi connectivity index (χ3v) is 4.32. The maximum absolute atomic E-state index is 12.3. The summed E-state index contributed by atoms with van der Waals surface area (Å²) in [6.45, 7) is 3.15. The minimum absolute atomic E-state index is 0.0121. The number of nitrogens with one attached hydrogen (secondary N) is 1. The SMILES string of the molecule is Cc1ccc(OCC(=O)NC2CCN(C(=O)c3cnccn3)CC2)cc1.